The van der Waals surface area contributed by atoms with Crippen LogP contribution in [0.3, 0.4) is 0 Å². The van der Waals surface area contributed by atoms with Crippen LogP contribution in [0.25, 0.3) is 0 Å². The van der Waals surface area contributed by atoms with Crippen LogP contribution in [0, 0.1) is 5.82 Å². The van der Waals surface area contributed by atoms with E-state index in [0.717, 1.165) is 0 Å². The Hall–Kier alpha value is -1.65. The number of rotatable bonds is 2. The Morgan fingerprint density at radius 3 is 2.90 bits per heavy atom. The molecule has 1 aliphatic rings. The van der Waals surface area contributed by atoms with E-state index >= 15 is 0 Å². The zero-order chi connectivity index (χ0) is 15.0. The van der Waals surface area contributed by atoms with Gasteiger partial charge in [0.25, 0.3) is 0 Å². The molecule has 0 saturated carbocycles. The van der Waals surface area contributed by atoms with Gasteiger partial charge < -0.3 is 14.8 Å². The number of benzene rings is 2. The van der Waals surface area contributed by atoms with E-state index in [-0.39, 0.29) is 5.82 Å². The van der Waals surface area contributed by atoms with Crippen LogP contribution < -0.4 is 14.8 Å². The highest BCUT2D eigenvalue weighted by molar-refractivity contribution is 6.36. The number of hydrogen-bond donors (Lipinski definition) is 1. The van der Waals surface area contributed by atoms with Gasteiger partial charge in [-0.15, -0.1) is 0 Å². The molecule has 0 aromatic heterocycles. The Labute approximate surface area is 131 Å². The third-order valence-corrected chi connectivity index (χ3v) is 3.80. The molecule has 1 unspecified atom stereocenters. The monoisotopic (exact) mass is 327 g/mol. The van der Waals surface area contributed by atoms with Crippen LogP contribution >= 0.6 is 23.2 Å². The molecule has 3 nitrogen and oxygen atoms in total. The predicted molar refractivity (Wildman–Crippen MR) is 81.3 cm³/mol. The Morgan fingerprint density at radius 1 is 1.33 bits per heavy atom. The minimum Gasteiger partial charge on any atom is -0.496 e. The van der Waals surface area contributed by atoms with Crippen molar-refractivity contribution in [2.75, 3.05) is 19.0 Å². The maximum Gasteiger partial charge on any atom is 0.162 e. The van der Waals surface area contributed by atoms with E-state index in [1.807, 2.05) is 0 Å². The van der Waals surface area contributed by atoms with Gasteiger partial charge >= 0.3 is 0 Å². The van der Waals surface area contributed by atoms with Crippen molar-refractivity contribution in [3.8, 4) is 11.5 Å². The topological polar surface area (TPSA) is 30.5 Å². The molecule has 0 amide bonds. The maximum atomic E-state index is 14.1. The molecular weight excluding hydrogens is 316 g/mol. The Bertz CT molecular complexity index is 694. The van der Waals surface area contributed by atoms with Gasteiger partial charge in [0, 0.05) is 5.02 Å². The molecule has 0 aliphatic carbocycles. The number of anilines is 1. The quantitative estimate of drug-likeness (QED) is 0.868. The lowest BCUT2D eigenvalue weighted by molar-refractivity contribution is 0.200. The SMILES string of the molecule is COc1cccc(F)c1C1CNc2cc(Cl)cc(Cl)c2O1. The first-order valence-corrected chi connectivity index (χ1v) is 7.07. The predicted octanol–water partition coefficient (Wildman–Crippen LogP) is 4.69. The molecule has 1 aliphatic heterocycles. The van der Waals surface area contributed by atoms with Crippen LogP contribution in [0.15, 0.2) is 30.3 Å². The summed E-state index contributed by atoms with van der Waals surface area (Å²) in [6.07, 6.45) is -0.535. The summed E-state index contributed by atoms with van der Waals surface area (Å²) in [7, 11) is 1.50. The summed E-state index contributed by atoms with van der Waals surface area (Å²) in [6.45, 7) is 0.390. The lowest BCUT2D eigenvalue weighted by Gasteiger charge is -2.29. The molecule has 1 N–H and O–H groups in total. The van der Waals surface area contributed by atoms with E-state index < -0.39 is 6.10 Å². The second-order valence-corrected chi connectivity index (χ2v) is 5.45. The molecule has 1 atom stereocenters. The number of ether oxygens (including phenoxy) is 2. The van der Waals surface area contributed by atoms with E-state index in [4.69, 9.17) is 32.7 Å². The minimum absolute atomic E-state index is 0.365. The number of halogens is 3. The fraction of sp³-hybridized carbons (Fsp3) is 0.200. The molecule has 3 rings (SSSR count). The average Bonchev–Trinajstić information content (AvgIpc) is 2.46. The molecule has 2 aromatic rings. The lowest BCUT2D eigenvalue weighted by atomic mass is 10.1. The van der Waals surface area contributed by atoms with E-state index in [2.05, 4.69) is 5.32 Å². The standard InChI is InChI=1S/C15H12Cl2FNO2/c1-20-12-4-2-3-10(18)14(12)13-7-19-11-6-8(16)5-9(17)15(11)21-13/h2-6,13,19H,7H2,1H3. The number of fused-ring (bicyclic) bond motifs is 1. The Morgan fingerprint density at radius 2 is 2.14 bits per heavy atom. The summed E-state index contributed by atoms with van der Waals surface area (Å²) in [5, 5.41) is 4.05. The molecular formula is C15H12Cl2FNO2. The fourth-order valence-electron chi connectivity index (χ4n) is 2.37. The highest BCUT2D eigenvalue weighted by Crippen LogP contribution is 2.43. The zero-order valence-electron chi connectivity index (χ0n) is 11.1. The van der Waals surface area contributed by atoms with Crippen LogP contribution in [0.2, 0.25) is 10.0 Å². The van der Waals surface area contributed by atoms with Crippen LogP contribution in [-0.2, 0) is 0 Å². The van der Waals surface area contributed by atoms with E-state index in [1.165, 1.54) is 13.2 Å². The van der Waals surface area contributed by atoms with Gasteiger partial charge in [-0.2, -0.15) is 0 Å². The molecule has 0 saturated heterocycles. The van der Waals surface area contributed by atoms with Gasteiger partial charge in [-0.3, -0.25) is 0 Å². The first-order valence-electron chi connectivity index (χ1n) is 6.32. The van der Waals surface area contributed by atoms with Crippen LogP contribution in [0.4, 0.5) is 10.1 Å². The lowest BCUT2D eigenvalue weighted by Crippen LogP contribution is -2.25. The van der Waals surface area contributed by atoms with Crippen molar-refractivity contribution in [1.29, 1.82) is 0 Å². The second-order valence-electron chi connectivity index (χ2n) is 4.61. The molecule has 0 spiro atoms. The summed E-state index contributed by atoms with van der Waals surface area (Å²) < 4.78 is 25.2. The molecule has 0 bridgehead atoms. The molecule has 1 heterocycles. The molecule has 21 heavy (non-hydrogen) atoms. The summed E-state index contributed by atoms with van der Waals surface area (Å²) in [5.74, 6) is 0.521. The van der Waals surface area contributed by atoms with Gasteiger partial charge in [-0.05, 0) is 24.3 Å². The van der Waals surface area contributed by atoms with Crippen LogP contribution in [-0.4, -0.2) is 13.7 Å². The van der Waals surface area contributed by atoms with E-state index in [9.17, 15) is 4.39 Å². The largest absolute Gasteiger partial charge is 0.496 e. The smallest absolute Gasteiger partial charge is 0.162 e. The van der Waals surface area contributed by atoms with Crippen molar-refractivity contribution in [1.82, 2.24) is 0 Å². The van der Waals surface area contributed by atoms with E-state index in [1.54, 1.807) is 24.3 Å². The Balaban J connectivity index is 2.01. The number of methoxy groups -OCH3 is 1. The van der Waals surface area contributed by atoms with Crippen LogP contribution in [0.1, 0.15) is 11.7 Å². The highest BCUT2D eigenvalue weighted by atomic mass is 35.5. The molecule has 0 fully saturated rings. The summed E-state index contributed by atoms with van der Waals surface area (Å²) in [4.78, 5) is 0. The van der Waals surface area contributed by atoms with E-state index in [0.29, 0.717) is 39.3 Å². The molecule has 6 heteroatoms. The first kappa shape index (κ1) is 14.3. The average molecular weight is 328 g/mol. The highest BCUT2D eigenvalue weighted by Gasteiger charge is 2.28. The van der Waals surface area contributed by atoms with Crippen molar-refractivity contribution in [3.05, 3.63) is 51.8 Å². The van der Waals surface area contributed by atoms with Gasteiger partial charge in [0.1, 0.15) is 17.7 Å². The number of hydrogen-bond acceptors (Lipinski definition) is 3. The van der Waals surface area contributed by atoms with Gasteiger partial charge in [0.05, 0.1) is 29.9 Å². The van der Waals surface area contributed by atoms with Crippen molar-refractivity contribution in [2.24, 2.45) is 0 Å². The number of nitrogens with one attached hydrogen (secondary N) is 1. The molecule has 2 aromatic carbocycles. The fourth-order valence-corrected chi connectivity index (χ4v) is 2.90. The minimum atomic E-state index is -0.535. The maximum absolute atomic E-state index is 14.1. The van der Waals surface area contributed by atoms with Crippen molar-refractivity contribution >= 4 is 28.9 Å². The van der Waals surface area contributed by atoms with Crippen molar-refractivity contribution < 1.29 is 13.9 Å². The third kappa shape index (κ3) is 2.61. The second kappa shape index (κ2) is 5.62. The van der Waals surface area contributed by atoms with Crippen LogP contribution in [0.5, 0.6) is 11.5 Å². The van der Waals surface area contributed by atoms with Crippen molar-refractivity contribution in [2.45, 2.75) is 6.10 Å². The molecule has 110 valence electrons. The van der Waals surface area contributed by atoms with Crippen molar-refractivity contribution in [3.63, 3.8) is 0 Å². The summed E-state index contributed by atoms with van der Waals surface area (Å²) in [6, 6.07) is 7.97. The summed E-state index contributed by atoms with van der Waals surface area (Å²) in [5.41, 5.74) is 1.06. The zero-order valence-corrected chi connectivity index (χ0v) is 12.6. The summed E-state index contributed by atoms with van der Waals surface area (Å²) >= 11 is 12.1. The third-order valence-electron chi connectivity index (χ3n) is 3.30. The van der Waals surface area contributed by atoms with Gasteiger partial charge in [-0.1, -0.05) is 29.3 Å². The van der Waals surface area contributed by atoms with Gasteiger partial charge in [0.2, 0.25) is 0 Å². The molecule has 0 radical (unpaired) electrons. The van der Waals surface area contributed by atoms with Gasteiger partial charge in [-0.25, -0.2) is 4.39 Å². The van der Waals surface area contributed by atoms with Gasteiger partial charge in [0.15, 0.2) is 5.75 Å². The first-order chi connectivity index (χ1) is 10.1. The Kier molecular flexibility index (Phi) is 3.83. The normalized spacial score (nSPS) is 16.7.